The van der Waals surface area contributed by atoms with Gasteiger partial charge in [0.15, 0.2) is 0 Å². The number of aliphatic hydroxyl groups excluding tert-OH is 1. The third kappa shape index (κ3) is 4.79. The molecule has 0 aliphatic heterocycles. The van der Waals surface area contributed by atoms with Crippen molar-refractivity contribution in [2.24, 2.45) is 13.0 Å². The standard InChI is InChI=1S/C16H23N5O2/c1-11(2)15(13-6-4-5-7-17-13)20-16(23)18-9-14(22)12-8-19-21(3)10-12/h4-8,10-11,14-15,22H,9H2,1-3H3,(H2,18,20,23)/t14-,15-/m1/s1. The molecule has 2 atom stereocenters. The predicted molar refractivity (Wildman–Crippen MR) is 86.5 cm³/mol. The van der Waals surface area contributed by atoms with Crippen LogP contribution in [-0.2, 0) is 7.05 Å². The fourth-order valence-corrected chi connectivity index (χ4v) is 2.25. The van der Waals surface area contributed by atoms with E-state index in [4.69, 9.17) is 0 Å². The molecule has 23 heavy (non-hydrogen) atoms. The smallest absolute Gasteiger partial charge is 0.315 e. The van der Waals surface area contributed by atoms with Gasteiger partial charge >= 0.3 is 6.03 Å². The third-order valence-electron chi connectivity index (χ3n) is 3.53. The van der Waals surface area contributed by atoms with Gasteiger partial charge in [0.25, 0.3) is 0 Å². The van der Waals surface area contributed by atoms with Gasteiger partial charge in [-0.05, 0) is 18.1 Å². The summed E-state index contributed by atoms with van der Waals surface area (Å²) in [6.45, 7) is 4.15. The van der Waals surface area contributed by atoms with Gasteiger partial charge in [-0.2, -0.15) is 5.10 Å². The van der Waals surface area contributed by atoms with Gasteiger partial charge in [-0.1, -0.05) is 19.9 Å². The van der Waals surface area contributed by atoms with Crippen molar-refractivity contribution in [3.8, 4) is 0 Å². The maximum Gasteiger partial charge on any atom is 0.315 e. The highest BCUT2D eigenvalue weighted by Gasteiger charge is 2.20. The Morgan fingerprint density at radius 1 is 1.39 bits per heavy atom. The summed E-state index contributed by atoms with van der Waals surface area (Å²) >= 11 is 0. The van der Waals surface area contributed by atoms with Gasteiger partial charge in [0.1, 0.15) is 0 Å². The Balaban J connectivity index is 1.90. The van der Waals surface area contributed by atoms with E-state index in [2.05, 4.69) is 20.7 Å². The zero-order chi connectivity index (χ0) is 16.8. The number of nitrogens with zero attached hydrogens (tertiary/aromatic N) is 3. The lowest BCUT2D eigenvalue weighted by molar-refractivity contribution is 0.172. The Morgan fingerprint density at radius 3 is 2.74 bits per heavy atom. The summed E-state index contributed by atoms with van der Waals surface area (Å²) in [6, 6.07) is 5.09. The molecule has 124 valence electrons. The van der Waals surface area contributed by atoms with Crippen LogP contribution in [0.2, 0.25) is 0 Å². The van der Waals surface area contributed by atoms with Crippen molar-refractivity contribution < 1.29 is 9.90 Å². The summed E-state index contributed by atoms with van der Waals surface area (Å²) in [6.07, 6.45) is 4.21. The number of amides is 2. The molecule has 0 saturated heterocycles. The molecule has 0 saturated carbocycles. The summed E-state index contributed by atoms with van der Waals surface area (Å²) in [4.78, 5) is 16.4. The molecule has 0 aliphatic carbocycles. The highest BCUT2D eigenvalue weighted by atomic mass is 16.3. The van der Waals surface area contributed by atoms with Crippen molar-refractivity contribution >= 4 is 6.03 Å². The molecule has 0 unspecified atom stereocenters. The number of aromatic nitrogens is 3. The molecule has 3 N–H and O–H groups in total. The second-order valence-electron chi connectivity index (χ2n) is 5.79. The number of urea groups is 1. The van der Waals surface area contributed by atoms with Gasteiger partial charge in [-0.25, -0.2) is 4.79 Å². The monoisotopic (exact) mass is 317 g/mol. The highest BCUT2D eigenvalue weighted by Crippen LogP contribution is 2.19. The van der Waals surface area contributed by atoms with Gasteiger partial charge in [0.2, 0.25) is 0 Å². The quantitative estimate of drug-likeness (QED) is 0.753. The first kappa shape index (κ1) is 17.0. The van der Waals surface area contributed by atoms with Crippen molar-refractivity contribution in [2.75, 3.05) is 6.54 Å². The number of hydrogen-bond donors (Lipinski definition) is 3. The van der Waals surface area contributed by atoms with E-state index in [-0.39, 0.29) is 24.5 Å². The number of aliphatic hydroxyl groups is 1. The summed E-state index contributed by atoms with van der Waals surface area (Å²) in [5.41, 5.74) is 1.48. The normalized spacial score (nSPS) is 13.6. The summed E-state index contributed by atoms with van der Waals surface area (Å²) < 4.78 is 1.61. The van der Waals surface area contributed by atoms with Gasteiger partial charge in [-0.3, -0.25) is 9.67 Å². The van der Waals surface area contributed by atoms with Crippen molar-refractivity contribution in [3.05, 3.63) is 48.0 Å². The maximum absolute atomic E-state index is 12.1. The Morgan fingerprint density at radius 2 is 2.17 bits per heavy atom. The molecule has 0 radical (unpaired) electrons. The Bertz CT molecular complexity index is 626. The van der Waals surface area contributed by atoms with Crippen molar-refractivity contribution in [1.82, 2.24) is 25.4 Å². The molecule has 7 heteroatoms. The molecule has 2 rings (SSSR count). The summed E-state index contributed by atoms with van der Waals surface area (Å²) in [5, 5.41) is 19.6. The Labute approximate surface area is 135 Å². The molecule has 0 aromatic carbocycles. The van der Waals surface area contributed by atoms with Crippen molar-refractivity contribution in [1.29, 1.82) is 0 Å². The van der Waals surface area contributed by atoms with Crippen LogP contribution in [0.25, 0.3) is 0 Å². The van der Waals surface area contributed by atoms with E-state index in [1.54, 1.807) is 30.3 Å². The second kappa shape index (κ2) is 7.73. The lowest BCUT2D eigenvalue weighted by atomic mass is 10.0. The van der Waals surface area contributed by atoms with Crippen molar-refractivity contribution in [2.45, 2.75) is 26.0 Å². The number of aryl methyl sites for hydroxylation is 1. The first-order valence-corrected chi connectivity index (χ1v) is 7.59. The average molecular weight is 317 g/mol. The minimum absolute atomic E-state index is 0.116. The fourth-order valence-electron chi connectivity index (χ4n) is 2.25. The first-order chi connectivity index (χ1) is 11.0. The zero-order valence-electron chi connectivity index (χ0n) is 13.6. The van der Waals surface area contributed by atoms with Crippen molar-refractivity contribution in [3.63, 3.8) is 0 Å². The van der Waals surface area contributed by atoms with Crippen LogP contribution in [0.15, 0.2) is 36.8 Å². The van der Waals surface area contributed by atoms with Gasteiger partial charge in [0, 0.05) is 31.5 Å². The Hall–Kier alpha value is -2.41. The van der Waals surface area contributed by atoms with E-state index < -0.39 is 6.10 Å². The zero-order valence-corrected chi connectivity index (χ0v) is 13.6. The number of carbonyl (C=O) groups is 1. The molecular formula is C16H23N5O2. The molecule has 7 nitrogen and oxygen atoms in total. The topological polar surface area (TPSA) is 92.1 Å². The van der Waals surface area contributed by atoms with Crippen LogP contribution in [0.5, 0.6) is 0 Å². The number of rotatable bonds is 6. The molecule has 2 amide bonds. The predicted octanol–water partition coefficient (Wildman–Crippen LogP) is 1.54. The van der Waals surface area contributed by atoms with Crippen LogP contribution in [0, 0.1) is 5.92 Å². The van der Waals surface area contributed by atoms with Crippen LogP contribution >= 0.6 is 0 Å². The van der Waals surface area contributed by atoms with E-state index in [9.17, 15) is 9.90 Å². The number of pyridine rings is 1. The van der Waals surface area contributed by atoms with Crippen LogP contribution in [0.4, 0.5) is 4.79 Å². The first-order valence-electron chi connectivity index (χ1n) is 7.59. The Kier molecular flexibility index (Phi) is 5.70. The molecule has 2 heterocycles. The van der Waals surface area contributed by atoms with Crippen LogP contribution in [0.3, 0.4) is 0 Å². The minimum atomic E-state index is -0.790. The van der Waals surface area contributed by atoms with Gasteiger partial charge < -0.3 is 15.7 Å². The third-order valence-corrected chi connectivity index (χ3v) is 3.53. The highest BCUT2D eigenvalue weighted by molar-refractivity contribution is 5.74. The molecule has 0 aliphatic rings. The van der Waals surface area contributed by atoms with Gasteiger partial charge in [-0.15, -0.1) is 0 Å². The lowest BCUT2D eigenvalue weighted by Gasteiger charge is -2.22. The SMILES string of the molecule is CC(C)[C@@H](NC(=O)NC[C@@H](O)c1cnn(C)c1)c1ccccn1. The largest absolute Gasteiger partial charge is 0.386 e. The van der Waals surface area contributed by atoms with Crippen LogP contribution in [0.1, 0.15) is 37.3 Å². The van der Waals surface area contributed by atoms with E-state index >= 15 is 0 Å². The summed E-state index contributed by atoms with van der Waals surface area (Å²) in [7, 11) is 1.77. The fraction of sp³-hybridized carbons (Fsp3) is 0.438. The van der Waals surface area contributed by atoms with Crippen LogP contribution < -0.4 is 10.6 Å². The number of hydrogen-bond acceptors (Lipinski definition) is 4. The second-order valence-corrected chi connectivity index (χ2v) is 5.79. The number of nitrogens with one attached hydrogen (secondary N) is 2. The van der Waals surface area contributed by atoms with Crippen LogP contribution in [-0.4, -0.2) is 32.4 Å². The molecule has 2 aromatic heterocycles. The average Bonchev–Trinajstić information content (AvgIpc) is 2.97. The summed E-state index contributed by atoms with van der Waals surface area (Å²) in [5.74, 6) is 0.193. The maximum atomic E-state index is 12.1. The van der Waals surface area contributed by atoms with E-state index in [0.717, 1.165) is 5.69 Å². The lowest BCUT2D eigenvalue weighted by Crippen LogP contribution is -2.41. The molecule has 2 aromatic rings. The molecular weight excluding hydrogens is 294 g/mol. The minimum Gasteiger partial charge on any atom is -0.386 e. The molecule has 0 spiro atoms. The number of carbonyl (C=O) groups excluding carboxylic acids is 1. The molecule has 0 fully saturated rings. The van der Waals surface area contributed by atoms with E-state index in [1.165, 1.54) is 0 Å². The van der Waals surface area contributed by atoms with E-state index in [1.807, 2.05) is 32.0 Å². The van der Waals surface area contributed by atoms with E-state index in [0.29, 0.717) is 5.56 Å². The van der Waals surface area contributed by atoms with Gasteiger partial charge in [0.05, 0.1) is 24.0 Å². The molecule has 0 bridgehead atoms.